The molecule has 6 heteroatoms. The smallest absolute Gasteiger partial charge is 0.335 e. The van der Waals surface area contributed by atoms with E-state index >= 15 is 0 Å². The fraction of sp³-hybridized carbons (Fsp3) is 0.385. The van der Waals surface area contributed by atoms with E-state index in [2.05, 4.69) is 5.32 Å². The molecule has 0 spiro atoms. The Morgan fingerprint density at radius 1 is 1.47 bits per heavy atom. The SMILES string of the molecule is COc1cc(C(=O)O)ccc1NC(=O)C(C)CSC. The zero-order chi connectivity index (χ0) is 14.4. The Labute approximate surface area is 116 Å². The molecule has 0 aliphatic rings. The van der Waals surface area contributed by atoms with Crippen molar-refractivity contribution >= 4 is 29.3 Å². The van der Waals surface area contributed by atoms with Crippen molar-refractivity contribution in [2.45, 2.75) is 6.92 Å². The number of rotatable bonds is 6. The maximum Gasteiger partial charge on any atom is 0.335 e. The van der Waals surface area contributed by atoms with Crippen molar-refractivity contribution in [1.82, 2.24) is 0 Å². The lowest BCUT2D eigenvalue weighted by molar-refractivity contribution is -0.118. The van der Waals surface area contributed by atoms with Crippen LogP contribution in [0.25, 0.3) is 0 Å². The molecule has 19 heavy (non-hydrogen) atoms. The van der Waals surface area contributed by atoms with E-state index in [1.807, 2.05) is 13.2 Å². The summed E-state index contributed by atoms with van der Waals surface area (Å²) in [6, 6.07) is 4.35. The van der Waals surface area contributed by atoms with Crippen LogP contribution in [0.15, 0.2) is 18.2 Å². The minimum absolute atomic E-state index is 0.115. The lowest BCUT2D eigenvalue weighted by atomic mass is 10.1. The first kappa shape index (κ1) is 15.4. The molecule has 1 unspecified atom stereocenters. The van der Waals surface area contributed by atoms with Crippen molar-refractivity contribution in [2.75, 3.05) is 24.4 Å². The number of anilines is 1. The first-order valence-electron chi connectivity index (χ1n) is 5.70. The molecule has 2 N–H and O–H groups in total. The molecule has 1 aromatic rings. The van der Waals surface area contributed by atoms with Crippen LogP contribution in [0.2, 0.25) is 0 Å². The first-order valence-corrected chi connectivity index (χ1v) is 7.10. The molecule has 104 valence electrons. The number of carboxylic acid groups (broad SMARTS) is 1. The third kappa shape index (κ3) is 4.17. The predicted octanol–water partition coefficient (Wildman–Crippen LogP) is 2.33. The molecule has 0 heterocycles. The molecule has 0 bridgehead atoms. The Morgan fingerprint density at radius 3 is 2.68 bits per heavy atom. The summed E-state index contributed by atoms with van der Waals surface area (Å²) in [5, 5.41) is 11.6. The topological polar surface area (TPSA) is 75.6 Å². The Hall–Kier alpha value is -1.69. The normalized spacial score (nSPS) is 11.7. The van der Waals surface area contributed by atoms with Gasteiger partial charge in [-0.2, -0.15) is 11.8 Å². The number of benzene rings is 1. The molecule has 0 fully saturated rings. The van der Waals surface area contributed by atoms with Crippen LogP contribution in [0, 0.1) is 5.92 Å². The van der Waals surface area contributed by atoms with Crippen LogP contribution in [0.5, 0.6) is 5.75 Å². The summed E-state index contributed by atoms with van der Waals surface area (Å²) in [4.78, 5) is 22.7. The largest absolute Gasteiger partial charge is 0.495 e. The van der Waals surface area contributed by atoms with Crippen LogP contribution in [0.3, 0.4) is 0 Å². The highest BCUT2D eigenvalue weighted by atomic mass is 32.2. The summed E-state index contributed by atoms with van der Waals surface area (Å²) in [6.07, 6.45) is 1.94. The van der Waals surface area contributed by atoms with E-state index in [1.54, 1.807) is 11.8 Å². The van der Waals surface area contributed by atoms with Gasteiger partial charge in [-0.15, -0.1) is 0 Å². The first-order chi connectivity index (χ1) is 8.99. The molecule has 0 saturated heterocycles. The third-order valence-electron chi connectivity index (χ3n) is 2.57. The Bertz CT molecular complexity index is 476. The molecule has 1 aromatic carbocycles. The van der Waals surface area contributed by atoms with Crippen molar-refractivity contribution in [3.8, 4) is 5.75 Å². The van der Waals surface area contributed by atoms with Gasteiger partial charge >= 0.3 is 5.97 Å². The molecular weight excluding hydrogens is 266 g/mol. The van der Waals surface area contributed by atoms with Crippen LogP contribution in [-0.4, -0.2) is 36.1 Å². The van der Waals surface area contributed by atoms with E-state index in [4.69, 9.17) is 9.84 Å². The average Bonchev–Trinajstić information content (AvgIpc) is 2.39. The van der Waals surface area contributed by atoms with Crippen LogP contribution >= 0.6 is 11.8 Å². The Morgan fingerprint density at radius 2 is 2.16 bits per heavy atom. The summed E-state index contributed by atoms with van der Waals surface area (Å²) in [6.45, 7) is 1.84. The summed E-state index contributed by atoms with van der Waals surface area (Å²) >= 11 is 1.60. The van der Waals surface area contributed by atoms with Crippen LogP contribution < -0.4 is 10.1 Å². The number of carboxylic acids is 1. The van der Waals surface area contributed by atoms with E-state index in [1.165, 1.54) is 25.3 Å². The van der Waals surface area contributed by atoms with Crippen molar-refractivity contribution in [3.05, 3.63) is 23.8 Å². The van der Waals surface area contributed by atoms with E-state index in [9.17, 15) is 9.59 Å². The van der Waals surface area contributed by atoms with Gasteiger partial charge in [-0.05, 0) is 24.5 Å². The highest BCUT2D eigenvalue weighted by Gasteiger charge is 2.15. The van der Waals surface area contributed by atoms with E-state index in [0.29, 0.717) is 11.4 Å². The maximum atomic E-state index is 11.9. The van der Waals surface area contributed by atoms with Crippen molar-refractivity contribution in [2.24, 2.45) is 5.92 Å². The van der Waals surface area contributed by atoms with Crippen LogP contribution in [0.1, 0.15) is 17.3 Å². The number of carbonyl (C=O) groups is 2. The number of hydrogen-bond acceptors (Lipinski definition) is 4. The second kappa shape index (κ2) is 7.04. The van der Waals surface area contributed by atoms with E-state index in [0.717, 1.165) is 5.75 Å². The van der Waals surface area contributed by atoms with E-state index < -0.39 is 5.97 Å². The number of hydrogen-bond donors (Lipinski definition) is 2. The van der Waals surface area contributed by atoms with Gasteiger partial charge in [0.05, 0.1) is 18.4 Å². The lowest BCUT2D eigenvalue weighted by Crippen LogP contribution is -2.22. The average molecular weight is 283 g/mol. The second-order valence-electron chi connectivity index (χ2n) is 4.07. The third-order valence-corrected chi connectivity index (χ3v) is 3.40. The minimum atomic E-state index is -1.04. The summed E-state index contributed by atoms with van der Waals surface area (Å²) in [5.74, 6) is -0.215. The highest BCUT2D eigenvalue weighted by molar-refractivity contribution is 7.98. The molecule has 1 atom stereocenters. The van der Waals surface area contributed by atoms with E-state index in [-0.39, 0.29) is 17.4 Å². The van der Waals surface area contributed by atoms with Crippen LogP contribution in [0.4, 0.5) is 5.69 Å². The maximum absolute atomic E-state index is 11.9. The molecule has 0 aromatic heterocycles. The van der Waals surface area contributed by atoms with Gasteiger partial charge in [0.1, 0.15) is 5.75 Å². The zero-order valence-electron chi connectivity index (χ0n) is 11.1. The molecular formula is C13H17NO4S. The van der Waals surface area contributed by atoms with Crippen LogP contribution in [-0.2, 0) is 4.79 Å². The molecule has 0 aliphatic carbocycles. The number of aromatic carboxylic acids is 1. The molecule has 0 aliphatic heterocycles. The fourth-order valence-corrected chi connectivity index (χ4v) is 2.16. The molecule has 1 amide bonds. The van der Waals surface area contributed by atoms with Gasteiger partial charge in [0.15, 0.2) is 0 Å². The number of thioether (sulfide) groups is 1. The summed E-state index contributed by atoms with van der Waals surface area (Å²) in [5.41, 5.74) is 0.595. The quantitative estimate of drug-likeness (QED) is 0.838. The Balaban J connectivity index is 2.89. The number of amides is 1. The fourth-order valence-electron chi connectivity index (χ4n) is 1.51. The molecule has 5 nitrogen and oxygen atoms in total. The molecule has 0 saturated carbocycles. The van der Waals surface area contributed by atoms with Gasteiger partial charge in [0.25, 0.3) is 0 Å². The molecule has 1 rings (SSSR count). The zero-order valence-corrected chi connectivity index (χ0v) is 11.9. The van der Waals surface area contributed by atoms with Crippen molar-refractivity contribution < 1.29 is 19.4 Å². The van der Waals surface area contributed by atoms with Gasteiger partial charge in [0, 0.05) is 11.7 Å². The molecule has 0 radical (unpaired) electrons. The van der Waals surface area contributed by atoms with Gasteiger partial charge in [-0.25, -0.2) is 4.79 Å². The van der Waals surface area contributed by atoms with Gasteiger partial charge in [-0.3, -0.25) is 4.79 Å². The summed E-state index contributed by atoms with van der Waals surface area (Å²) < 4.78 is 5.09. The second-order valence-corrected chi connectivity index (χ2v) is 4.98. The van der Waals surface area contributed by atoms with Gasteiger partial charge in [0.2, 0.25) is 5.91 Å². The lowest BCUT2D eigenvalue weighted by Gasteiger charge is -2.14. The van der Waals surface area contributed by atoms with Crippen molar-refractivity contribution in [3.63, 3.8) is 0 Å². The Kier molecular flexibility index (Phi) is 5.69. The number of carbonyl (C=O) groups excluding carboxylic acids is 1. The summed E-state index contributed by atoms with van der Waals surface area (Å²) in [7, 11) is 1.43. The minimum Gasteiger partial charge on any atom is -0.495 e. The monoisotopic (exact) mass is 283 g/mol. The van der Waals surface area contributed by atoms with Crippen molar-refractivity contribution in [1.29, 1.82) is 0 Å². The van der Waals surface area contributed by atoms with Gasteiger partial charge in [-0.1, -0.05) is 6.92 Å². The number of methoxy groups -OCH3 is 1. The predicted molar refractivity (Wildman–Crippen MR) is 76.1 cm³/mol. The van der Waals surface area contributed by atoms with Gasteiger partial charge < -0.3 is 15.2 Å². The highest BCUT2D eigenvalue weighted by Crippen LogP contribution is 2.26. The number of ether oxygens (including phenoxy) is 1. The standard InChI is InChI=1S/C13H17NO4S/c1-8(7-19-3)12(15)14-10-5-4-9(13(16)17)6-11(10)18-2/h4-6,8H,7H2,1-3H3,(H,14,15)(H,16,17). The number of nitrogens with one attached hydrogen (secondary N) is 1.